The van der Waals surface area contributed by atoms with E-state index in [4.69, 9.17) is 0 Å². The lowest BCUT2D eigenvalue weighted by Crippen LogP contribution is -2.43. The smallest absolute Gasteiger partial charge is 0.216 e. The second-order valence-corrected chi connectivity index (χ2v) is 6.72. The van der Waals surface area contributed by atoms with E-state index in [-0.39, 0.29) is 11.8 Å². The number of aliphatic hydroxyl groups excluding tert-OH is 1. The van der Waals surface area contributed by atoms with Gasteiger partial charge in [0.1, 0.15) is 0 Å². The summed E-state index contributed by atoms with van der Waals surface area (Å²) >= 11 is 0. The van der Waals surface area contributed by atoms with Crippen molar-refractivity contribution < 1.29 is 13.5 Å². The van der Waals surface area contributed by atoms with Crippen LogP contribution >= 0.6 is 0 Å². The maximum atomic E-state index is 12.2. The lowest BCUT2D eigenvalue weighted by molar-refractivity contribution is 0.123. The van der Waals surface area contributed by atoms with Crippen LogP contribution in [0.15, 0.2) is 18.7 Å². The van der Waals surface area contributed by atoms with Crippen molar-refractivity contribution >= 4 is 10.0 Å². The van der Waals surface area contributed by atoms with Gasteiger partial charge in [0.2, 0.25) is 10.0 Å². The van der Waals surface area contributed by atoms with Crippen molar-refractivity contribution in [3.8, 4) is 0 Å². The Kier molecular flexibility index (Phi) is 4.04. The van der Waals surface area contributed by atoms with Crippen LogP contribution in [0.25, 0.3) is 0 Å². The Morgan fingerprint density at radius 1 is 1.56 bits per heavy atom. The minimum atomic E-state index is -3.31. The molecule has 1 aliphatic rings. The van der Waals surface area contributed by atoms with Crippen LogP contribution in [-0.4, -0.2) is 51.8 Å². The number of aromatic nitrogens is 2. The zero-order valence-electron chi connectivity index (χ0n) is 10.4. The highest BCUT2D eigenvalue weighted by Gasteiger charge is 2.36. The summed E-state index contributed by atoms with van der Waals surface area (Å²) in [6.45, 7) is 2.56. The monoisotopic (exact) mass is 273 g/mol. The van der Waals surface area contributed by atoms with Gasteiger partial charge >= 0.3 is 0 Å². The number of aryl methyl sites for hydroxylation is 1. The summed E-state index contributed by atoms with van der Waals surface area (Å²) in [6, 6.07) is -0.266. The van der Waals surface area contributed by atoms with Gasteiger partial charge in [0.05, 0.1) is 24.2 Å². The molecule has 1 saturated heterocycles. The lowest BCUT2D eigenvalue weighted by Gasteiger charge is -2.26. The molecule has 7 heteroatoms. The highest BCUT2D eigenvalue weighted by Crippen LogP contribution is 2.23. The average Bonchev–Trinajstić information content (AvgIpc) is 2.98. The molecule has 1 aromatic heterocycles. The number of rotatable bonds is 5. The molecule has 0 aliphatic carbocycles. The van der Waals surface area contributed by atoms with E-state index in [0.29, 0.717) is 13.1 Å². The Morgan fingerprint density at radius 2 is 2.33 bits per heavy atom. The maximum Gasteiger partial charge on any atom is 0.216 e. The van der Waals surface area contributed by atoms with Gasteiger partial charge in [-0.2, -0.15) is 4.31 Å². The van der Waals surface area contributed by atoms with Crippen molar-refractivity contribution in [3.05, 3.63) is 18.7 Å². The lowest BCUT2D eigenvalue weighted by atomic mass is 10.1. The van der Waals surface area contributed by atoms with Crippen molar-refractivity contribution in [3.63, 3.8) is 0 Å². The molecule has 2 atom stereocenters. The molecular weight excluding hydrogens is 254 g/mol. The summed E-state index contributed by atoms with van der Waals surface area (Å²) in [4.78, 5) is 3.88. The van der Waals surface area contributed by atoms with Gasteiger partial charge in [-0.05, 0) is 19.8 Å². The minimum absolute atomic E-state index is 0.0482. The number of hydrogen-bond acceptors (Lipinski definition) is 4. The van der Waals surface area contributed by atoms with Crippen molar-refractivity contribution in [2.24, 2.45) is 0 Å². The normalized spacial score (nSPS) is 23.3. The van der Waals surface area contributed by atoms with Gasteiger partial charge in [0, 0.05) is 25.5 Å². The first-order chi connectivity index (χ1) is 8.50. The van der Waals surface area contributed by atoms with Crippen LogP contribution in [-0.2, 0) is 16.6 Å². The molecule has 102 valence electrons. The van der Waals surface area contributed by atoms with Gasteiger partial charge in [-0.3, -0.25) is 0 Å². The molecule has 1 aromatic rings. The largest absolute Gasteiger partial charge is 0.392 e. The Bertz CT molecular complexity index is 470. The van der Waals surface area contributed by atoms with Crippen LogP contribution in [0.1, 0.15) is 19.8 Å². The van der Waals surface area contributed by atoms with Gasteiger partial charge in [0.25, 0.3) is 0 Å². The summed E-state index contributed by atoms with van der Waals surface area (Å²) in [6.07, 6.45) is 5.91. The topological polar surface area (TPSA) is 75.4 Å². The Hall–Kier alpha value is -0.920. The molecular formula is C11H19N3O3S. The quantitative estimate of drug-likeness (QED) is 0.823. The van der Waals surface area contributed by atoms with E-state index in [1.807, 2.05) is 0 Å². The fourth-order valence-electron chi connectivity index (χ4n) is 2.35. The number of nitrogens with zero attached hydrogens (tertiary/aromatic N) is 3. The van der Waals surface area contributed by atoms with Crippen molar-refractivity contribution in [1.82, 2.24) is 13.9 Å². The molecule has 0 radical (unpaired) electrons. The SMILES string of the molecule is CC(O)[C@H]1CCCN1S(=O)(=O)CCn1ccnc1. The molecule has 6 nitrogen and oxygen atoms in total. The van der Waals surface area contributed by atoms with Crippen LogP contribution in [0, 0.1) is 0 Å². The summed E-state index contributed by atoms with van der Waals surface area (Å²) < 4.78 is 27.6. The van der Waals surface area contributed by atoms with Gasteiger partial charge in [-0.1, -0.05) is 0 Å². The maximum absolute atomic E-state index is 12.2. The number of aliphatic hydroxyl groups is 1. The molecule has 0 spiro atoms. The van der Waals surface area contributed by atoms with Crippen LogP contribution in [0.2, 0.25) is 0 Å². The third-order valence-corrected chi connectivity index (χ3v) is 5.20. The van der Waals surface area contributed by atoms with Crippen molar-refractivity contribution in [1.29, 1.82) is 0 Å². The summed E-state index contributed by atoms with van der Waals surface area (Å²) in [7, 11) is -3.31. The third-order valence-electron chi connectivity index (χ3n) is 3.33. The fraction of sp³-hybridized carbons (Fsp3) is 0.727. The Morgan fingerprint density at radius 3 is 2.94 bits per heavy atom. The van der Waals surface area contributed by atoms with Gasteiger partial charge in [-0.15, -0.1) is 0 Å². The Labute approximate surface area is 107 Å². The van der Waals surface area contributed by atoms with Gasteiger partial charge in [0.15, 0.2) is 0 Å². The molecule has 2 rings (SSSR count). The fourth-order valence-corrected chi connectivity index (χ4v) is 4.13. The molecule has 18 heavy (non-hydrogen) atoms. The minimum Gasteiger partial charge on any atom is -0.392 e. The van der Waals surface area contributed by atoms with E-state index in [9.17, 15) is 13.5 Å². The van der Waals surface area contributed by atoms with E-state index in [1.54, 1.807) is 30.2 Å². The predicted molar refractivity (Wildman–Crippen MR) is 67.4 cm³/mol. The van der Waals surface area contributed by atoms with Gasteiger partial charge < -0.3 is 9.67 Å². The molecule has 1 aliphatic heterocycles. The highest BCUT2D eigenvalue weighted by atomic mass is 32.2. The first kappa shape index (κ1) is 13.5. The average molecular weight is 273 g/mol. The highest BCUT2D eigenvalue weighted by molar-refractivity contribution is 7.89. The second kappa shape index (κ2) is 5.38. The van der Waals surface area contributed by atoms with Gasteiger partial charge in [-0.25, -0.2) is 13.4 Å². The van der Waals surface area contributed by atoms with Crippen LogP contribution < -0.4 is 0 Å². The molecule has 0 amide bonds. The third kappa shape index (κ3) is 2.90. The summed E-state index contributed by atoms with van der Waals surface area (Å²) in [5.41, 5.74) is 0. The first-order valence-corrected chi connectivity index (χ1v) is 7.75. The molecule has 1 unspecified atom stereocenters. The number of imidazole rings is 1. The van der Waals surface area contributed by atoms with E-state index in [0.717, 1.165) is 12.8 Å². The predicted octanol–water partition coefficient (Wildman–Crippen LogP) is 0.0581. The van der Waals surface area contributed by atoms with E-state index >= 15 is 0 Å². The molecule has 0 bridgehead atoms. The first-order valence-electron chi connectivity index (χ1n) is 6.14. The van der Waals surface area contributed by atoms with Crippen molar-refractivity contribution in [2.45, 2.75) is 38.5 Å². The molecule has 0 aromatic carbocycles. The second-order valence-electron chi connectivity index (χ2n) is 4.68. The zero-order chi connectivity index (χ0) is 13.2. The van der Waals surface area contributed by atoms with E-state index < -0.39 is 16.1 Å². The van der Waals surface area contributed by atoms with E-state index in [1.165, 1.54) is 4.31 Å². The number of hydrogen-bond donors (Lipinski definition) is 1. The van der Waals surface area contributed by atoms with Crippen molar-refractivity contribution in [2.75, 3.05) is 12.3 Å². The zero-order valence-corrected chi connectivity index (χ0v) is 11.3. The molecule has 0 saturated carbocycles. The molecule has 2 heterocycles. The summed E-state index contributed by atoms with van der Waals surface area (Å²) in [5.74, 6) is 0.0482. The Balaban J connectivity index is 2.01. The van der Waals surface area contributed by atoms with Crippen LogP contribution in [0.3, 0.4) is 0 Å². The standard InChI is InChI=1S/C11H19N3O3S/c1-10(15)11-3-2-5-14(11)18(16,17)8-7-13-6-4-12-9-13/h4,6,9-11,15H,2-3,5,7-8H2,1H3/t10?,11-/m1/s1. The van der Waals surface area contributed by atoms with Crippen LogP contribution in [0.5, 0.6) is 0 Å². The number of sulfonamides is 1. The van der Waals surface area contributed by atoms with E-state index in [2.05, 4.69) is 4.98 Å². The molecule has 1 N–H and O–H groups in total. The summed E-state index contributed by atoms with van der Waals surface area (Å²) in [5, 5.41) is 9.62. The van der Waals surface area contributed by atoms with Crippen LogP contribution in [0.4, 0.5) is 0 Å². The molecule has 1 fully saturated rings.